The van der Waals surface area contributed by atoms with E-state index in [0.717, 1.165) is 11.1 Å². The molecule has 0 saturated carbocycles. The quantitative estimate of drug-likeness (QED) is 0.522. The third kappa shape index (κ3) is 2.69. The van der Waals surface area contributed by atoms with E-state index in [1.807, 2.05) is 60.9 Å². The van der Waals surface area contributed by atoms with Gasteiger partial charge in [0.25, 0.3) is 10.0 Å². The number of para-hydroxylation sites is 1. The first-order valence-corrected chi connectivity index (χ1v) is 10.3. The Morgan fingerprint density at radius 1 is 1.04 bits per heavy atom. The Bertz CT molecular complexity index is 1040. The largest absolute Gasteiger partial charge is 0.268 e. The van der Waals surface area contributed by atoms with Crippen LogP contribution in [0.3, 0.4) is 0 Å². The van der Waals surface area contributed by atoms with Crippen molar-refractivity contribution in [3.63, 3.8) is 0 Å². The third-order valence-electron chi connectivity index (χ3n) is 4.08. The van der Waals surface area contributed by atoms with Gasteiger partial charge in [0.15, 0.2) is 5.16 Å². The van der Waals surface area contributed by atoms with Crippen molar-refractivity contribution in [3.05, 3.63) is 66.4 Å². The van der Waals surface area contributed by atoms with Gasteiger partial charge < -0.3 is 0 Å². The summed E-state index contributed by atoms with van der Waals surface area (Å²) in [6.45, 7) is 0.268. The Kier molecular flexibility index (Phi) is 3.97. The molecule has 3 aromatic rings. The minimum Gasteiger partial charge on any atom is -0.261 e. The van der Waals surface area contributed by atoms with Gasteiger partial charge in [0.05, 0.1) is 24.1 Å². The molecule has 4 rings (SSSR count). The lowest BCUT2D eigenvalue weighted by molar-refractivity contribution is 0.588. The van der Waals surface area contributed by atoms with E-state index in [1.165, 1.54) is 22.3 Å². The summed E-state index contributed by atoms with van der Waals surface area (Å²) < 4.78 is 27.9. The van der Waals surface area contributed by atoms with Crippen LogP contribution in [0.15, 0.2) is 70.8 Å². The van der Waals surface area contributed by atoms with Gasteiger partial charge in [-0.25, -0.2) is 18.4 Å². The summed E-state index contributed by atoms with van der Waals surface area (Å²) in [6, 6.07) is 17.0. The van der Waals surface area contributed by atoms with Crippen molar-refractivity contribution < 1.29 is 8.42 Å². The molecule has 5 nitrogen and oxygen atoms in total. The zero-order valence-electron chi connectivity index (χ0n) is 13.5. The lowest BCUT2D eigenvalue weighted by Crippen LogP contribution is -2.34. The van der Waals surface area contributed by atoms with Crippen LogP contribution in [0.2, 0.25) is 0 Å². The minimum atomic E-state index is -3.72. The number of thioether (sulfide) groups is 1. The number of anilines is 1. The molecule has 0 radical (unpaired) electrons. The van der Waals surface area contributed by atoms with Gasteiger partial charge >= 0.3 is 0 Å². The molecule has 1 aliphatic rings. The minimum absolute atomic E-state index is 0.153. The van der Waals surface area contributed by atoms with E-state index in [4.69, 9.17) is 0 Å². The average Bonchev–Trinajstić information content (AvgIpc) is 2.65. The Hall–Kier alpha value is -2.38. The van der Waals surface area contributed by atoms with E-state index in [9.17, 15) is 8.42 Å². The summed E-state index contributed by atoms with van der Waals surface area (Å²) in [4.78, 5) is 8.78. The van der Waals surface area contributed by atoms with Gasteiger partial charge in [0.1, 0.15) is 4.90 Å². The molecular formula is C18H15N3O2S2. The zero-order valence-corrected chi connectivity index (χ0v) is 15.1. The van der Waals surface area contributed by atoms with Gasteiger partial charge in [-0.3, -0.25) is 4.31 Å². The van der Waals surface area contributed by atoms with E-state index >= 15 is 0 Å². The first-order chi connectivity index (χ1) is 12.1. The Morgan fingerprint density at radius 3 is 2.52 bits per heavy atom. The number of aromatic nitrogens is 2. The van der Waals surface area contributed by atoms with Crippen molar-refractivity contribution in [2.45, 2.75) is 16.6 Å². The van der Waals surface area contributed by atoms with E-state index in [1.54, 1.807) is 0 Å². The van der Waals surface area contributed by atoms with Gasteiger partial charge in [-0.05, 0) is 17.9 Å². The fourth-order valence-electron chi connectivity index (χ4n) is 2.89. The van der Waals surface area contributed by atoms with E-state index in [2.05, 4.69) is 9.97 Å². The molecule has 0 spiro atoms. The van der Waals surface area contributed by atoms with Crippen molar-refractivity contribution in [2.75, 3.05) is 10.6 Å². The number of fused-ring (bicyclic) bond motifs is 3. The molecule has 1 aromatic heterocycles. The molecule has 2 aromatic carbocycles. The summed E-state index contributed by atoms with van der Waals surface area (Å²) in [7, 11) is -3.72. The highest BCUT2D eigenvalue weighted by Crippen LogP contribution is 2.42. The highest BCUT2D eigenvalue weighted by atomic mass is 32.2. The van der Waals surface area contributed by atoms with Crippen molar-refractivity contribution in [1.82, 2.24) is 9.97 Å². The summed E-state index contributed by atoms with van der Waals surface area (Å²) >= 11 is 1.39. The third-order valence-corrected chi connectivity index (χ3v) is 6.40. The molecule has 1 aliphatic heterocycles. The maximum Gasteiger partial charge on any atom is 0.268 e. The number of hydrogen-bond donors (Lipinski definition) is 0. The maximum absolute atomic E-state index is 13.2. The second-order valence-electron chi connectivity index (χ2n) is 5.58. The molecule has 7 heteroatoms. The number of rotatable bonds is 3. The Balaban J connectivity index is 1.92. The van der Waals surface area contributed by atoms with Crippen LogP contribution in [0.25, 0.3) is 11.3 Å². The van der Waals surface area contributed by atoms with Crippen LogP contribution in [0.5, 0.6) is 0 Å². The molecule has 0 fully saturated rings. The SMILES string of the molecule is CSc1ncc2c(n1)-c1ccccc1N(Cc1ccccc1)S2(=O)=O. The first-order valence-electron chi connectivity index (χ1n) is 7.68. The lowest BCUT2D eigenvalue weighted by Gasteiger charge is -2.31. The van der Waals surface area contributed by atoms with E-state index < -0.39 is 10.0 Å². The number of hydrogen-bond acceptors (Lipinski definition) is 5. The fourth-order valence-corrected chi connectivity index (χ4v) is 4.79. The molecular weight excluding hydrogens is 354 g/mol. The molecule has 0 atom stereocenters. The molecule has 25 heavy (non-hydrogen) atoms. The first kappa shape index (κ1) is 16.1. The van der Waals surface area contributed by atoms with Gasteiger partial charge in [-0.2, -0.15) is 0 Å². The number of nitrogens with zero attached hydrogens (tertiary/aromatic N) is 3. The van der Waals surface area contributed by atoms with Crippen molar-refractivity contribution >= 4 is 27.5 Å². The molecule has 0 amide bonds. The summed E-state index contributed by atoms with van der Waals surface area (Å²) in [5.41, 5.74) is 2.84. The van der Waals surface area contributed by atoms with Crippen molar-refractivity contribution in [3.8, 4) is 11.3 Å². The Labute approximate surface area is 150 Å². The smallest absolute Gasteiger partial charge is 0.261 e. The molecule has 0 saturated heterocycles. The van der Waals surface area contributed by atoms with Crippen molar-refractivity contribution in [1.29, 1.82) is 0 Å². The number of benzene rings is 2. The molecule has 0 bridgehead atoms. The fraction of sp³-hybridized carbons (Fsp3) is 0.111. The molecule has 2 heterocycles. The predicted molar refractivity (Wildman–Crippen MR) is 99.1 cm³/mol. The second-order valence-corrected chi connectivity index (χ2v) is 8.19. The summed E-state index contributed by atoms with van der Waals surface area (Å²) in [5.74, 6) is 0. The monoisotopic (exact) mass is 369 g/mol. The van der Waals surface area contributed by atoms with Crippen LogP contribution in [-0.4, -0.2) is 24.6 Å². The van der Waals surface area contributed by atoms with Gasteiger partial charge in [-0.15, -0.1) is 0 Å². The van der Waals surface area contributed by atoms with Crippen LogP contribution in [0.1, 0.15) is 5.56 Å². The van der Waals surface area contributed by atoms with E-state index in [0.29, 0.717) is 16.5 Å². The van der Waals surface area contributed by atoms with Gasteiger partial charge in [0.2, 0.25) is 0 Å². The predicted octanol–water partition coefficient (Wildman–Crippen LogP) is 3.57. The maximum atomic E-state index is 13.2. The topological polar surface area (TPSA) is 63.2 Å². The van der Waals surface area contributed by atoms with Gasteiger partial charge in [-0.1, -0.05) is 60.3 Å². The van der Waals surface area contributed by atoms with Crippen LogP contribution in [-0.2, 0) is 16.6 Å². The second kappa shape index (κ2) is 6.16. The highest BCUT2D eigenvalue weighted by Gasteiger charge is 2.36. The summed E-state index contributed by atoms with van der Waals surface area (Å²) in [5, 5.41) is 0.556. The zero-order chi connectivity index (χ0) is 17.4. The van der Waals surface area contributed by atoms with Crippen LogP contribution in [0, 0.1) is 0 Å². The Morgan fingerprint density at radius 2 is 1.76 bits per heavy atom. The molecule has 0 unspecified atom stereocenters. The molecule has 0 N–H and O–H groups in total. The average molecular weight is 369 g/mol. The molecule has 0 aliphatic carbocycles. The van der Waals surface area contributed by atoms with Crippen LogP contribution in [0.4, 0.5) is 5.69 Å². The lowest BCUT2D eigenvalue weighted by atomic mass is 10.1. The van der Waals surface area contributed by atoms with Crippen molar-refractivity contribution in [2.24, 2.45) is 0 Å². The molecule has 126 valence electrons. The van der Waals surface area contributed by atoms with E-state index in [-0.39, 0.29) is 11.4 Å². The normalized spacial score (nSPS) is 14.7. The van der Waals surface area contributed by atoms with Crippen LogP contribution < -0.4 is 4.31 Å². The highest BCUT2D eigenvalue weighted by molar-refractivity contribution is 7.98. The standard InChI is InChI=1S/C18H15N3O2S2/c1-24-18-19-11-16-17(20-18)14-9-5-6-10-15(14)21(25(16,22)23)12-13-7-3-2-4-8-13/h2-11H,12H2,1H3. The van der Waals surface area contributed by atoms with Gasteiger partial charge in [0, 0.05) is 5.56 Å². The number of sulfonamides is 1. The van der Waals surface area contributed by atoms with Crippen LogP contribution >= 0.6 is 11.8 Å². The summed E-state index contributed by atoms with van der Waals surface area (Å²) in [6.07, 6.45) is 3.28.